The second kappa shape index (κ2) is 6.58. The molecule has 168 valence electrons. The number of aliphatic hydroxyl groups is 1. The number of piperidine rings is 1. The normalized spacial score (nSPS) is 59.8. The van der Waals surface area contributed by atoms with Gasteiger partial charge in [0, 0.05) is 12.5 Å². The molecule has 6 aliphatic rings. The van der Waals surface area contributed by atoms with E-state index in [1.54, 1.807) is 5.57 Å². The summed E-state index contributed by atoms with van der Waals surface area (Å²) in [4.78, 5) is 0. The molecule has 2 aliphatic heterocycles. The molecule has 0 radical (unpaired) electrons. The van der Waals surface area contributed by atoms with Gasteiger partial charge in [0.05, 0.1) is 12.2 Å². The van der Waals surface area contributed by atoms with Crippen LogP contribution in [0.3, 0.4) is 0 Å². The van der Waals surface area contributed by atoms with Crippen molar-refractivity contribution in [1.82, 2.24) is 5.32 Å². The fraction of sp³-hybridized carbons (Fsp3) is 0.926. The van der Waals surface area contributed by atoms with Crippen LogP contribution in [0.4, 0.5) is 0 Å². The van der Waals surface area contributed by atoms with Crippen molar-refractivity contribution in [1.29, 1.82) is 0 Å². The molecule has 2 N–H and O–H groups in total. The van der Waals surface area contributed by atoms with Gasteiger partial charge in [0.15, 0.2) is 0 Å². The summed E-state index contributed by atoms with van der Waals surface area (Å²) < 4.78 is 7.00. The summed E-state index contributed by atoms with van der Waals surface area (Å²) in [6.07, 6.45) is 13.8. The van der Waals surface area contributed by atoms with Gasteiger partial charge in [-0.15, -0.1) is 0 Å². The smallest absolute Gasteiger partial charge is 0.122 e. The standard InChI is InChI=1S/C27H43NO2/c1-16-7-12-27(28-15-16)17(2)24-23(30-27)14-22-20-6-5-18-13-19(29)8-10-25(18,3)21(20)9-11-26(22,24)4/h5,16-17,19-24,28-29H,6-15H2,1-4H3/t16-,17+,19+,20+,21-,22-,23-,24-,25+,26+,27-/m1/s1. The third-order valence-corrected chi connectivity index (χ3v) is 11.6. The molecule has 0 amide bonds. The van der Waals surface area contributed by atoms with Crippen LogP contribution in [0.2, 0.25) is 0 Å². The Labute approximate surface area is 183 Å². The Kier molecular flexibility index (Phi) is 4.44. The predicted octanol–water partition coefficient (Wildman–Crippen LogP) is 5.29. The van der Waals surface area contributed by atoms with Crippen molar-refractivity contribution in [2.75, 3.05) is 6.54 Å². The maximum atomic E-state index is 10.3. The van der Waals surface area contributed by atoms with Crippen LogP contribution in [-0.4, -0.2) is 29.6 Å². The van der Waals surface area contributed by atoms with E-state index < -0.39 is 0 Å². The average Bonchev–Trinajstić information content (AvgIpc) is 3.16. The minimum Gasteiger partial charge on any atom is -0.393 e. The summed E-state index contributed by atoms with van der Waals surface area (Å²) in [5, 5.41) is 14.1. The van der Waals surface area contributed by atoms with Gasteiger partial charge in [-0.1, -0.05) is 39.3 Å². The van der Waals surface area contributed by atoms with Crippen LogP contribution in [-0.2, 0) is 4.74 Å². The first kappa shape index (κ1) is 20.2. The van der Waals surface area contributed by atoms with Gasteiger partial charge in [-0.3, -0.25) is 5.32 Å². The molecule has 11 atom stereocenters. The van der Waals surface area contributed by atoms with Crippen LogP contribution < -0.4 is 5.32 Å². The number of ether oxygens (including phenoxy) is 1. The second-order valence-corrected chi connectivity index (χ2v) is 12.8. The Morgan fingerprint density at radius 2 is 1.90 bits per heavy atom. The minimum atomic E-state index is -0.100. The Bertz CT molecular complexity index is 739. The van der Waals surface area contributed by atoms with E-state index in [4.69, 9.17) is 4.74 Å². The highest BCUT2D eigenvalue weighted by atomic mass is 16.5. The molecule has 1 spiro atoms. The van der Waals surface area contributed by atoms with Crippen molar-refractivity contribution < 1.29 is 9.84 Å². The summed E-state index contributed by atoms with van der Waals surface area (Å²) in [5.74, 6) is 4.58. The van der Waals surface area contributed by atoms with E-state index in [1.807, 2.05) is 0 Å². The zero-order chi connectivity index (χ0) is 20.9. The first-order valence-corrected chi connectivity index (χ1v) is 13.1. The van der Waals surface area contributed by atoms with Gasteiger partial charge < -0.3 is 9.84 Å². The summed E-state index contributed by atoms with van der Waals surface area (Å²) >= 11 is 0. The van der Waals surface area contributed by atoms with Crippen LogP contribution in [0, 0.1) is 46.3 Å². The molecule has 4 aliphatic carbocycles. The number of hydrogen-bond acceptors (Lipinski definition) is 3. The Balaban J connectivity index is 1.28. The molecule has 6 rings (SSSR count). The maximum Gasteiger partial charge on any atom is 0.122 e. The van der Waals surface area contributed by atoms with Gasteiger partial charge in [-0.05, 0) is 98.2 Å². The molecule has 3 nitrogen and oxygen atoms in total. The third-order valence-electron chi connectivity index (χ3n) is 11.6. The molecule has 0 aromatic heterocycles. The number of nitrogens with one attached hydrogen (secondary N) is 1. The van der Waals surface area contributed by atoms with E-state index >= 15 is 0 Å². The molecule has 5 fully saturated rings. The van der Waals surface area contributed by atoms with Crippen LogP contribution in [0.15, 0.2) is 11.6 Å². The fourth-order valence-corrected chi connectivity index (χ4v) is 9.84. The van der Waals surface area contributed by atoms with Gasteiger partial charge in [0.2, 0.25) is 0 Å². The van der Waals surface area contributed by atoms with Crippen molar-refractivity contribution in [3.05, 3.63) is 11.6 Å². The molecular formula is C27H43NO2. The highest BCUT2D eigenvalue weighted by Crippen LogP contribution is 2.70. The second-order valence-electron chi connectivity index (χ2n) is 12.8. The Hall–Kier alpha value is -0.380. The van der Waals surface area contributed by atoms with Crippen LogP contribution in [0.1, 0.15) is 85.5 Å². The van der Waals surface area contributed by atoms with Gasteiger partial charge in [0.25, 0.3) is 0 Å². The third kappa shape index (κ3) is 2.55. The molecular weight excluding hydrogens is 370 g/mol. The lowest BCUT2D eigenvalue weighted by Gasteiger charge is -2.58. The molecule has 30 heavy (non-hydrogen) atoms. The predicted molar refractivity (Wildman–Crippen MR) is 120 cm³/mol. The summed E-state index contributed by atoms with van der Waals surface area (Å²) in [7, 11) is 0. The SMILES string of the molecule is C[C@@H]1CC[C@@]2(NC1)O[C@@H]1C[C@@H]3[C@H]4CC=C5C[C@@H](O)CC[C@]5(C)[C@@H]4CC[C@]3(C)[C@@H]1[C@@H]2C. The number of fused-ring (bicyclic) bond motifs is 7. The molecule has 2 heterocycles. The minimum absolute atomic E-state index is 0.0439. The summed E-state index contributed by atoms with van der Waals surface area (Å²) in [6, 6.07) is 0. The van der Waals surface area contributed by atoms with Crippen LogP contribution >= 0.6 is 0 Å². The van der Waals surface area contributed by atoms with Gasteiger partial charge in [-0.25, -0.2) is 0 Å². The molecule has 0 aromatic rings. The number of aliphatic hydroxyl groups excluding tert-OH is 1. The fourth-order valence-electron chi connectivity index (χ4n) is 9.84. The molecule has 3 saturated carbocycles. The quantitative estimate of drug-likeness (QED) is 0.530. The summed E-state index contributed by atoms with van der Waals surface area (Å²) in [6.45, 7) is 11.2. The van der Waals surface area contributed by atoms with E-state index in [0.717, 1.165) is 49.0 Å². The van der Waals surface area contributed by atoms with E-state index in [2.05, 4.69) is 39.1 Å². The van der Waals surface area contributed by atoms with Gasteiger partial charge in [0.1, 0.15) is 5.72 Å². The topological polar surface area (TPSA) is 41.5 Å². The van der Waals surface area contributed by atoms with Crippen LogP contribution in [0.5, 0.6) is 0 Å². The lowest BCUT2D eigenvalue weighted by Crippen LogP contribution is -2.57. The van der Waals surface area contributed by atoms with Gasteiger partial charge in [-0.2, -0.15) is 0 Å². The van der Waals surface area contributed by atoms with Gasteiger partial charge >= 0.3 is 0 Å². The molecule has 3 heteroatoms. The molecule has 0 aromatic carbocycles. The first-order valence-electron chi connectivity index (χ1n) is 13.1. The van der Waals surface area contributed by atoms with Crippen molar-refractivity contribution in [3.63, 3.8) is 0 Å². The Morgan fingerprint density at radius 1 is 1.07 bits per heavy atom. The number of allylic oxidation sites excluding steroid dienone is 1. The first-order chi connectivity index (χ1) is 14.3. The van der Waals surface area contributed by atoms with Crippen molar-refractivity contribution >= 4 is 0 Å². The highest BCUT2D eigenvalue weighted by molar-refractivity contribution is 5.26. The number of rotatable bonds is 0. The average molecular weight is 414 g/mol. The van der Waals surface area contributed by atoms with Crippen molar-refractivity contribution in [2.45, 2.75) is 103 Å². The lowest BCUT2D eigenvalue weighted by molar-refractivity contribution is -0.115. The zero-order valence-electron chi connectivity index (χ0n) is 19.6. The van der Waals surface area contributed by atoms with E-state index in [9.17, 15) is 5.11 Å². The monoisotopic (exact) mass is 413 g/mol. The maximum absolute atomic E-state index is 10.3. The Morgan fingerprint density at radius 3 is 2.67 bits per heavy atom. The van der Waals surface area contributed by atoms with Crippen LogP contribution in [0.25, 0.3) is 0 Å². The summed E-state index contributed by atoms with van der Waals surface area (Å²) in [5.41, 5.74) is 2.33. The molecule has 2 saturated heterocycles. The van der Waals surface area contributed by atoms with Crippen molar-refractivity contribution in [3.8, 4) is 0 Å². The number of hydrogen-bond donors (Lipinski definition) is 2. The van der Waals surface area contributed by atoms with E-state index in [-0.39, 0.29) is 11.8 Å². The van der Waals surface area contributed by atoms with E-state index in [1.165, 1.54) is 44.9 Å². The highest BCUT2D eigenvalue weighted by Gasteiger charge is 2.68. The van der Waals surface area contributed by atoms with E-state index in [0.29, 0.717) is 22.9 Å². The largest absolute Gasteiger partial charge is 0.393 e. The molecule has 0 unspecified atom stereocenters. The zero-order valence-corrected chi connectivity index (χ0v) is 19.6. The lowest BCUT2D eigenvalue weighted by atomic mass is 9.47. The molecule has 0 bridgehead atoms. The van der Waals surface area contributed by atoms with Crippen molar-refractivity contribution in [2.24, 2.45) is 46.3 Å².